The molecule has 0 bridgehead atoms. The Balaban J connectivity index is 2.66. The van der Waals surface area contributed by atoms with Gasteiger partial charge in [0.25, 0.3) is 0 Å². The maximum Gasteiger partial charge on any atom is 0.0494 e. The molecule has 2 N–H and O–H groups in total. The lowest BCUT2D eigenvalue weighted by molar-refractivity contribution is 0.152. The van der Waals surface area contributed by atoms with Crippen LogP contribution in [0.5, 0.6) is 0 Å². The fourth-order valence-corrected chi connectivity index (χ4v) is 2.09. The van der Waals surface area contributed by atoms with Crippen molar-refractivity contribution in [3.8, 4) is 0 Å². The first-order valence-electron chi connectivity index (χ1n) is 6.08. The Morgan fingerprint density at radius 1 is 1.41 bits per heavy atom. The maximum absolute atomic E-state index is 9.25. The van der Waals surface area contributed by atoms with Crippen LogP contribution < -0.4 is 5.32 Å². The number of rotatable bonds is 6. The molecule has 3 heteroatoms. The summed E-state index contributed by atoms with van der Waals surface area (Å²) in [7, 11) is 0. The third kappa shape index (κ3) is 4.78. The second-order valence-corrected chi connectivity index (χ2v) is 6.13. The van der Waals surface area contributed by atoms with Crippen LogP contribution in [0.2, 0.25) is 0 Å². The van der Waals surface area contributed by atoms with Gasteiger partial charge in [-0.25, -0.2) is 0 Å². The highest BCUT2D eigenvalue weighted by atomic mass is 79.9. The molecule has 0 aliphatic carbocycles. The van der Waals surface area contributed by atoms with Crippen LogP contribution in [0, 0.1) is 5.41 Å². The van der Waals surface area contributed by atoms with Crippen LogP contribution in [-0.2, 0) is 0 Å². The molecule has 1 atom stereocenters. The number of benzene rings is 1. The van der Waals surface area contributed by atoms with E-state index in [1.165, 1.54) is 5.56 Å². The van der Waals surface area contributed by atoms with E-state index in [9.17, 15) is 5.11 Å². The lowest BCUT2D eigenvalue weighted by Crippen LogP contribution is -2.34. The van der Waals surface area contributed by atoms with E-state index in [4.69, 9.17) is 0 Å². The Kier molecular flexibility index (Phi) is 5.63. The minimum atomic E-state index is -0.0700. The summed E-state index contributed by atoms with van der Waals surface area (Å²) in [5.74, 6) is 0. The van der Waals surface area contributed by atoms with E-state index in [1.54, 1.807) is 0 Å². The van der Waals surface area contributed by atoms with Crippen molar-refractivity contribution in [1.29, 1.82) is 0 Å². The molecule has 0 amide bonds. The summed E-state index contributed by atoms with van der Waals surface area (Å²) in [6.07, 6.45) is 1.04. The predicted octanol–water partition coefficient (Wildman–Crippen LogP) is 3.51. The Hall–Kier alpha value is -0.380. The summed E-state index contributed by atoms with van der Waals surface area (Å²) in [6, 6.07) is 8.72. The summed E-state index contributed by atoms with van der Waals surface area (Å²) in [4.78, 5) is 0. The Morgan fingerprint density at radius 2 is 2.12 bits per heavy atom. The summed E-state index contributed by atoms with van der Waals surface area (Å²) in [5, 5.41) is 12.8. The molecule has 1 aromatic carbocycles. The molecule has 0 aliphatic heterocycles. The van der Waals surface area contributed by atoms with Crippen LogP contribution >= 0.6 is 15.9 Å². The maximum atomic E-state index is 9.25. The van der Waals surface area contributed by atoms with Crippen molar-refractivity contribution in [2.75, 3.05) is 13.2 Å². The molecule has 1 unspecified atom stereocenters. The van der Waals surface area contributed by atoms with Crippen molar-refractivity contribution < 1.29 is 5.11 Å². The number of nitrogens with one attached hydrogen (secondary N) is 1. The van der Waals surface area contributed by atoms with Gasteiger partial charge >= 0.3 is 0 Å². The molecule has 0 fully saturated rings. The highest BCUT2D eigenvalue weighted by molar-refractivity contribution is 9.10. The van der Waals surface area contributed by atoms with Crippen molar-refractivity contribution in [3.05, 3.63) is 34.3 Å². The summed E-state index contributed by atoms with van der Waals surface area (Å²) < 4.78 is 1.11. The van der Waals surface area contributed by atoms with E-state index in [-0.39, 0.29) is 12.0 Å². The Bertz CT molecular complexity index is 352. The first-order chi connectivity index (χ1) is 7.98. The Labute approximate surface area is 113 Å². The molecule has 0 saturated carbocycles. The summed E-state index contributed by atoms with van der Waals surface area (Å²) in [6.45, 7) is 7.31. The van der Waals surface area contributed by atoms with Crippen LogP contribution in [0.4, 0.5) is 0 Å². The monoisotopic (exact) mass is 299 g/mol. The molecule has 2 nitrogen and oxygen atoms in total. The number of halogens is 1. The average Bonchev–Trinajstić information content (AvgIpc) is 2.30. The van der Waals surface area contributed by atoms with E-state index in [0.29, 0.717) is 6.04 Å². The van der Waals surface area contributed by atoms with Gasteiger partial charge in [0.1, 0.15) is 0 Å². The van der Waals surface area contributed by atoms with Gasteiger partial charge < -0.3 is 10.4 Å². The molecular formula is C14H22BrNO. The summed E-state index contributed by atoms with van der Waals surface area (Å²) >= 11 is 3.50. The quantitative estimate of drug-likeness (QED) is 0.842. The van der Waals surface area contributed by atoms with E-state index in [0.717, 1.165) is 17.4 Å². The van der Waals surface area contributed by atoms with Crippen molar-refractivity contribution in [1.82, 2.24) is 5.32 Å². The van der Waals surface area contributed by atoms with Gasteiger partial charge in [-0.05, 0) is 24.1 Å². The van der Waals surface area contributed by atoms with Gasteiger partial charge in [0.05, 0.1) is 0 Å². The third-order valence-electron chi connectivity index (χ3n) is 2.91. The molecule has 0 spiro atoms. The van der Waals surface area contributed by atoms with E-state index >= 15 is 0 Å². The molecule has 0 aliphatic rings. The first-order valence-corrected chi connectivity index (χ1v) is 6.87. The van der Waals surface area contributed by atoms with E-state index in [2.05, 4.69) is 60.2 Å². The van der Waals surface area contributed by atoms with Crippen molar-refractivity contribution >= 4 is 15.9 Å². The zero-order chi connectivity index (χ0) is 12.9. The largest absolute Gasteiger partial charge is 0.396 e. The van der Waals surface area contributed by atoms with Crippen molar-refractivity contribution in [2.45, 2.75) is 33.2 Å². The molecule has 0 saturated heterocycles. The molecule has 96 valence electrons. The number of hydrogen-bond acceptors (Lipinski definition) is 2. The normalized spacial score (nSPS) is 13.7. The zero-order valence-corrected chi connectivity index (χ0v) is 12.4. The van der Waals surface area contributed by atoms with E-state index < -0.39 is 0 Å². The molecule has 1 rings (SSSR count). The lowest BCUT2D eigenvalue weighted by atomic mass is 9.93. The van der Waals surface area contributed by atoms with Crippen LogP contribution in [0.15, 0.2) is 28.7 Å². The minimum absolute atomic E-state index is 0.0700. The van der Waals surface area contributed by atoms with Gasteiger partial charge in [0.15, 0.2) is 0 Å². The fourth-order valence-electron chi connectivity index (χ4n) is 1.68. The number of hydrogen-bond donors (Lipinski definition) is 2. The minimum Gasteiger partial charge on any atom is -0.396 e. The van der Waals surface area contributed by atoms with Gasteiger partial charge in [-0.3, -0.25) is 0 Å². The second-order valence-electron chi connectivity index (χ2n) is 5.22. The van der Waals surface area contributed by atoms with E-state index in [1.807, 2.05) is 6.07 Å². The van der Waals surface area contributed by atoms with Gasteiger partial charge in [0, 0.05) is 29.1 Å². The Morgan fingerprint density at radius 3 is 2.65 bits per heavy atom. The van der Waals surface area contributed by atoms with Crippen molar-refractivity contribution in [3.63, 3.8) is 0 Å². The number of aliphatic hydroxyl groups excluding tert-OH is 1. The standard InChI is InChI=1S/C14H22BrNO/c1-4-13(16-9-14(2,3)10-17)11-6-5-7-12(15)8-11/h5-8,13,16-17H,4,9-10H2,1-3H3. The fraction of sp³-hybridized carbons (Fsp3) is 0.571. The van der Waals surface area contributed by atoms with Crippen LogP contribution in [0.25, 0.3) is 0 Å². The van der Waals surface area contributed by atoms with Gasteiger partial charge in [-0.2, -0.15) is 0 Å². The molecule has 0 heterocycles. The molecule has 0 aromatic heterocycles. The van der Waals surface area contributed by atoms with Crippen LogP contribution in [0.1, 0.15) is 38.8 Å². The first kappa shape index (κ1) is 14.7. The van der Waals surface area contributed by atoms with Gasteiger partial charge in [-0.1, -0.05) is 48.8 Å². The topological polar surface area (TPSA) is 32.3 Å². The van der Waals surface area contributed by atoms with Crippen LogP contribution in [0.3, 0.4) is 0 Å². The molecule has 0 radical (unpaired) electrons. The zero-order valence-electron chi connectivity index (χ0n) is 10.8. The highest BCUT2D eigenvalue weighted by Crippen LogP contribution is 2.22. The average molecular weight is 300 g/mol. The third-order valence-corrected chi connectivity index (χ3v) is 3.41. The smallest absolute Gasteiger partial charge is 0.0494 e. The number of aliphatic hydroxyl groups is 1. The highest BCUT2D eigenvalue weighted by Gasteiger charge is 2.18. The van der Waals surface area contributed by atoms with Gasteiger partial charge in [0.2, 0.25) is 0 Å². The second kappa shape index (κ2) is 6.53. The summed E-state index contributed by atoms with van der Waals surface area (Å²) in [5.41, 5.74) is 1.22. The molecule has 17 heavy (non-hydrogen) atoms. The van der Waals surface area contributed by atoms with Crippen LogP contribution in [-0.4, -0.2) is 18.3 Å². The van der Waals surface area contributed by atoms with Crippen molar-refractivity contribution in [2.24, 2.45) is 5.41 Å². The van der Waals surface area contributed by atoms with Gasteiger partial charge in [-0.15, -0.1) is 0 Å². The predicted molar refractivity (Wildman–Crippen MR) is 76.0 cm³/mol. The molecular weight excluding hydrogens is 278 g/mol. The SMILES string of the molecule is CCC(NCC(C)(C)CO)c1cccc(Br)c1. The lowest BCUT2D eigenvalue weighted by Gasteiger charge is -2.26. The molecule has 1 aromatic rings.